The summed E-state index contributed by atoms with van der Waals surface area (Å²) < 4.78 is 18.0. The highest BCUT2D eigenvalue weighted by atomic mass is 16.5. The smallest absolute Gasteiger partial charge is 0.340 e. The largest absolute Gasteiger partial charge is 0.493 e. The van der Waals surface area contributed by atoms with Gasteiger partial charge in [-0.3, -0.25) is 9.36 Å². The number of rotatable bonds is 4. The zero-order chi connectivity index (χ0) is 19.8. The molecule has 0 unspecified atom stereocenters. The van der Waals surface area contributed by atoms with Crippen LogP contribution >= 0.6 is 0 Å². The summed E-state index contributed by atoms with van der Waals surface area (Å²) in [5, 5.41) is 11.9. The molecule has 0 spiro atoms. The van der Waals surface area contributed by atoms with E-state index < -0.39 is 11.5 Å². The maximum atomic E-state index is 13.1. The Labute approximate surface area is 157 Å². The van der Waals surface area contributed by atoms with Crippen LogP contribution in [-0.4, -0.2) is 56.7 Å². The molecule has 4 rings (SSSR count). The van der Waals surface area contributed by atoms with Crippen LogP contribution in [0.5, 0.6) is 11.5 Å². The molecule has 142 valence electrons. The number of carbonyl (C=O) groups is 1. The van der Waals surface area contributed by atoms with Crippen molar-refractivity contribution >= 4 is 22.8 Å². The summed E-state index contributed by atoms with van der Waals surface area (Å²) in [6.07, 6.45) is 2.82. The summed E-state index contributed by atoms with van der Waals surface area (Å²) in [5.74, 6) is 0.298. The number of nitrogens with zero attached hydrogens (tertiary/aromatic N) is 6. The molecule has 0 N–H and O–H groups in total. The molecular formula is C17H14N6O5. The predicted octanol–water partition coefficient (Wildman–Crippen LogP) is 0.627. The molecule has 0 bridgehead atoms. The van der Waals surface area contributed by atoms with E-state index in [9.17, 15) is 9.59 Å². The zero-order valence-electron chi connectivity index (χ0n) is 15.1. The standard InChI is InChI=1S/C17H14N6O5/c1-26-12-6-9(16(25)28-3)11(7-13(12)27-2)22-5-4-10-14(15(22)24)20-21-17-18-8-19-23(10)17/h4-8H,1-3H3. The van der Waals surface area contributed by atoms with Crippen LogP contribution < -0.4 is 15.0 Å². The van der Waals surface area contributed by atoms with Crippen LogP contribution in [0.2, 0.25) is 0 Å². The third kappa shape index (κ3) is 2.52. The Morgan fingerprint density at radius 2 is 1.82 bits per heavy atom. The first kappa shape index (κ1) is 17.4. The highest BCUT2D eigenvalue weighted by Gasteiger charge is 2.21. The molecule has 28 heavy (non-hydrogen) atoms. The van der Waals surface area contributed by atoms with Crippen LogP contribution in [-0.2, 0) is 4.74 Å². The Hall–Kier alpha value is -4.02. The van der Waals surface area contributed by atoms with E-state index in [2.05, 4.69) is 20.3 Å². The fourth-order valence-corrected chi connectivity index (χ4v) is 2.88. The summed E-state index contributed by atoms with van der Waals surface area (Å²) in [7, 11) is 4.15. The Morgan fingerprint density at radius 3 is 2.54 bits per heavy atom. The second-order valence-electron chi connectivity index (χ2n) is 5.61. The number of benzene rings is 1. The van der Waals surface area contributed by atoms with Crippen LogP contribution in [0.25, 0.3) is 22.5 Å². The van der Waals surface area contributed by atoms with Crippen molar-refractivity contribution in [2.45, 2.75) is 0 Å². The third-order valence-electron chi connectivity index (χ3n) is 4.21. The highest BCUT2D eigenvalue weighted by molar-refractivity contribution is 5.94. The Morgan fingerprint density at radius 1 is 1.07 bits per heavy atom. The molecule has 0 fully saturated rings. The van der Waals surface area contributed by atoms with Gasteiger partial charge in [0.05, 0.1) is 32.6 Å². The van der Waals surface area contributed by atoms with Gasteiger partial charge < -0.3 is 14.2 Å². The molecular weight excluding hydrogens is 368 g/mol. The first-order valence-electron chi connectivity index (χ1n) is 8.01. The van der Waals surface area contributed by atoms with Gasteiger partial charge in [-0.1, -0.05) is 0 Å². The number of ether oxygens (including phenoxy) is 3. The van der Waals surface area contributed by atoms with Crippen LogP contribution in [0.1, 0.15) is 10.4 Å². The SMILES string of the molecule is COC(=O)c1cc(OC)c(OC)cc1-n1ccc2c(nnc3ncnn32)c1=O. The Bertz CT molecular complexity index is 1280. The number of esters is 1. The number of carbonyl (C=O) groups excluding carboxylic acids is 1. The second kappa shape index (κ2) is 6.61. The molecule has 3 aromatic heterocycles. The lowest BCUT2D eigenvalue weighted by molar-refractivity contribution is 0.0600. The van der Waals surface area contributed by atoms with Crippen molar-refractivity contribution in [2.24, 2.45) is 0 Å². The van der Waals surface area contributed by atoms with E-state index in [1.165, 1.54) is 55.1 Å². The number of fused-ring (bicyclic) bond motifs is 3. The lowest BCUT2D eigenvalue weighted by atomic mass is 10.1. The van der Waals surface area contributed by atoms with Gasteiger partial charge in [-0.15, -0.1) is 10.2 Å². The van der Waals surface area contributed by atoms with Crippen LogP contribution in [0.4, 0.5) is 0 Å². The molecule has 11 heteroatoms. The van der Waals surface area contributed by atoms with Crippen LogP contribution in [0.15, 0.2) is 35.5 Å². The van der Waals surface area contributed by atoms with E-state index in [4.69, 9.17) is 14.2 Å². The molecule has 0 aliphatic heterocycles. The fourth-order valence-electron chi connectivity index (χ4n) is 2.88. The van der Waals surface area contributed by atoms with Gasteiger partial charge in [0, 0.05) is 18.3 Å². The lowest BCUT2D eigenvalue weighted by Crippen LogP contribution is -2.22. The monoisotopic (exact) mass is 382 g/mol. The molecule has 3 heterocycles. The van der Waals surface area contributed by atoms with Crippen molar-refractivity contribution < 1.29 is 19.0 Å². The molecule has 0 saturated heterocycles. The number of hydrogen-bond acceptors (Lipinski definition) is 9. The highest BCUT2D eigenvalue weighted by Crippen LogP contribution is 2.32. The summed E-state index contributed by atoms with van der Waals surface area (Å²) in [5.41, 5.74) is 0.364. The molecule has 0 saturated carbocycles. The van der Waals surface area contributed by atoms with Gasteiger partial charge in [0.25, 0.3) is 11.3 Å². The van der Waals surface area contributed by atoms with Gasteiger partial charge in [-0.05, 0) is 6.07 Å². The first-order chi connectivity index (χ1) is 13.6. The van der Waals surface area contributed by atoms with E-state index >= 15 is 0 Å². The predicted molar refractivity (Wildman–Crippen MR) is 96.1 cm³/mol. The van der Waals surface area contributed by atoms with Gasteiger partial charge in [0.15, 0.2) is 17.0 Å². The number of methoxy groups -OCH3 is 3. The van der Waals surface area contributed by atoms with Gasteiger partial charge >= 0.3 is 5.97 Å². The van der Waals surface area contributed by atoms with Crippen LogP contribution in [0, 0.1) is 0 Å². The summed E-state index contributed by atoms with van der Waals surface area (Å²) in [6.45, 7) is 0. The van der Waals surface area contributed by atoms with Crippen molar-refractivity contribution in [3.05, 3.63) is 46.6 Å². The molecule has 0 aliphatic carbocycles. The van der Waals surface area contributed by atoms with Gasteiger partial charge in [0.2, 0.25) is 0 Å². The average Bonchev–Trinajstić information content (AvgIpc) is 3.21. The minimum atomic E-state index is -0.638. The van der Waals surface area contributed by atoms with E-state index in [-0.39, 0.29) is 22.5 Å². The second-order valence-corrected chi connectivity index (χ2v) is 5.61. The minimum absolute atomic E-state index is 0.0612. The number of pyridine rings is 1. The minimum Gasteiger partial charge on any atom is -0.493 e. The summed E-state index contributed by atoms with van der Waals surface area (Å²) in [4.78, 5) is 29.3. The maximum absolute atomic E-state index is 13.1. The van der Waals surface area contributed by atoms with Crippen molar-refractivity contribution in [3.8, 4) is 17.2 Å². The van der Waals surface area contributed by atoms with Crippen LogP contribution in [0.3, 0.4) is 0 Å². The normalized spacial score (nSPS) is 11.0. The fraction of sp³-hybridized carbons (Fsp3) is 0.176. The molecule has 1 aromatic carbocycles. The van der Waals surface area contributed by atoms with E-state index in [1.807, 2.05) is 0 Å². The van der Waals surface area contributed by atoms with Gasteiger partial charge in [-0.2, -0.15) is 14.6 Å². The Balaban J connectivity index is 2.04. The summed E-state index contributed by atoms with van der Waals surface area (Å²) in [6, 6.07) is 4.59. The Kier molecular flexibility index (Phi) is 4.11. The molecule has 0 amide bonds. The lowest BCUT2D eigenvalue weighted by Gasteiger charge is -2.15. The topological polar surface area (TPSA) is 123 Å². The number of aromatic nitrogens is 6. The molecule has 0 radical (unpaired) electrons. The maximum Gasteiger partial charge on any atom is 0.340 e. The first-order valence-corrected chi connectivity index (χ1v) is 8.01. The van der Waals surface area contributed by atoms with E-state index in [1.54, 1.807) is 6.07 Å². The van der Waals surface area contributed by atoms with Crippen molar-refractivity contribution in [1.82, 2.24) is 29.4 Å². The molecule has 4 aromatic rings. The van der Waals surface area contributed by atoms with E-state index in [0.29, 0.717) is 17.0 Å². The van der Waals surface area contributed by atoms with Gasteiger partial charge in [0.1, 0.15) is 11.8 Å². The number of hydrogen-bond donors (Lipinski definition) is 0. The molecule has 0 atom stereocenters. The average molecular weight is 382 g/mol. The third-order valence-corrected chi connectivity index (χ3v) is 4.21. The van der Waals surface area contributed by atoms with E-state index in [0.717, 1.165) is 0 Å². The molecule has 0 aliphatic rings. The summed E-state index contributed by atoms with van der Waals surface area (Å²) >= 11 is 0. The van der Waals surface area contributed by atoms with Crippen molar-refractivity contribution in [3.63, 3.8) is 0 Å². The quantitative estimate of drug-likeness (QED) is 0.467. The van der Waals surface area contributed by atoms with Gasteiger partial charge in [-0.25, -0.2) is 4.79 Å². The van der Waals surface area contributed by atoms with Crippen molar-refractivity contribution in [2.75, 3.05) is 21.3 Å². The van der Waals surface area contributed by atoms with Crippen molar-refractivity contribution in [1.29, 1.82) is 0 Å². The zero-order valence-corrected chi connectivity index (χ0v) is 15.1. The molecule has 11 nitrogen and oxygen atoms in total.